The summed E-state index contributed by atoms with van der Waals surface area (Å²) < 4.78 is 8.88. The van der Waals surface area contributed by atoms with Gasteiger partial charge in [-0.3, -0.25) is 0 Å². The largest absolute Gasteiger partial charge is 0.466 e. The van der Waals surface area contributed by atoms with E-state index in [9.17, 15) is 0 Å². The third-order valence-corrected chi connectivity index (χ3v) is 5.34. The molecule has 0 saturated carbocycles. The Kier molecular flexibility index (Phi) is 49.5. The summed E-state index contributed by atoms with van der Waals surface area (Å²) in [5, 5.41) is 9.48. The molecule has 0 atom stereocenters. The minimum absolute atomic E-state index is 1.19. The summed E-state index contributed by atoms with van der Waals surface area (Å²) in [6.45, 7) is 10.3. The Morgan fingerprint density at radius 1 is 0.429 bits per heavy atom. The standard InChI is InChI=1S/3C9H21N.H3O4P/c3*1-3-4-5-6-7-8-9-10-2;1-5(2,3)4/h3*10H,3-9H2,1-2H3;(H3,1,2,3,4). The average Bonchev–Trinajstić information content (AvgIpc) is 2.81. The molecular weight excluding hydrogens is 461 g/mol. The molecule has 0 fully saturated rings. The zero-order chi connectivity index (χ0) is 27.5. The fourth-order valence-electron chi connectivity index (χ4n) is 3.25. The van der Waals surface area contributed by atoms with E-state index in [0.29, 0.717) is 0 Å². The first-order valence-corrected chi connectivity index (χ1v) is 16.0. The first-order valence-electron chi connectivity index (χ1n) is 14.5. The quantitative estimate of drug-likeness (QED) is 0.0721. The van der Waals surface area contributed by atoms with E-state index in [1.165, 1.54) is 135 Å². The summed E-state index contributed by atoms with van der Waals surface area (Å²) in [5.74, 6) is 0. The molecule has 0 aliphatic heterocycles. The summed E-state index contributed by atoms with van der Waals surface area (Å²) in [6.07, 6.45) is 25.1. The van der Waals surface area contributed by atoms with Crippen LogP contribution in [0.2, 0.25) is 0 Å². The second kappa shape index (κ2) is 41.1. The van der Waals surface area contributed by atoms with Crippen molar-refractivity contribution in [2.75, 3.05) is 40.8 Å². The molecule has 0 aliphatic carbocycles. The lowest BCUT2D eigenvalue weighted by molar-refractivity contribution is 0.275. The maximum absolute atomic E-state index is 8.88. The molecule has 0 spiro atoms. The second-order valence-corrected chi connectivity index (χ2v) is 10.2. The van der Waals surface area contributed by atoms with Crippen LogP contribution in [0.25, 0.3) is 0 Å². The predicted octanol–water partition coefficient (Wildman–Crippen LogP) is 6.77. The van der Waals surface area contributed by atoms with Crippen molar-refractivity contribution < 1.29 is 19.2 Å². The summed E-state index contributed by atoms with van der Waals surface area (Å²) in [4.78, 5) is 21.6. The van der Waals surface area contributed by atoms with Crippen LogP contribution in [0, 0.1) is 0 Å². The smallest absolute Gasteiger partial charge is 0.320 e. The van der Waals surface area contributed by atoms with Gasteiger partial charge in [0.15, 0.2) is 0 Å². The topological polar surface area (TPSA) is 114 Å². The predicted molar refractivity (Wildman–Crippen MR) is 156 cm³/mol. The molecule has 0 aromatic carbocycles. The number of nitrogens with one attached hydrogen (secondary N) is 3. The lowest BCUT2D eigenvalue weighted by Gasteiger charge is -1.98. The maximum Gasteiger partial charge on any atom is 0.466 e. The highest BCUT2D eigenvalue weighted by Gasteiger charge is 2.00. The van der Waals surface area contributed by atoms with Crippen LogP contribution < -0.4 is 16.0 Å². The first-order chi connectivity index (χ1) is 16.7. The van der Waals surface area contributed by atoms with Gasteiger partial charge < -0.3 is 30.6 Å². The Bertz CT molecular complexity index is 302. The van der Waals surface area contributed by atoms with E-state index in [1.54, 1.807) is 0 Å². The summed E-state index contributed by atoms with van der Waals surface area (Å²) in [5.41, 5.74) is 0. The molecule has 8 heteroatoms. The van der Waals surface area contributed by atoms with Gasteiger partial charge in [-0.1, -0.05) is 117 Å². The Labute approximate surface area is 220 Å². The van der Waals surface area contributed by atoms with Crippen LogP contribution in [0.1, 0.15) is 136 Å². The fourth-order valence-corrected chi connectivity index (χ4v) is 3.25. The number of phosphoric acid groups is 1. The molecule has 0 aliphatic rings. The molecule has 0 radical (unpaired) electrons. The lowest BCUT2D eigenvalue weighted by atomic mass is 10.1. The third kappa shape index (κ3) is 79.0. The molecule has 35 heavy (non-hydrogen) atoms. The number of unbranched alkanes of at least 4 members (excludes halogenated alkanes) is 15. The van der Waals surface area contributed by atoms with Crippen molar-refractivity contribution in [2.24, 2.45) is 0 Å². The molecule has 6 N–H and O–H groups in total. The highest BCUT2D eigenvalue weighted by Crippen LogP contribution is 2.25. The zero-order valence-electron chi connectivity index (χ0n) is 24.5. The van der Waals surface area contributed by atoms with Crippen LogP contribution in [0.5, 0.6) is 0 Å². The van der Waals surface area contributed by atoms with Gasteiger partial charge in [-0.05, 0) is 60.0 Å². The Morgan fingerprint density at radius 2 is 0.600 bits per heavy atom. The molecular formula is C27H66N3O4P. The summed E-state index contributed by atoms with van der Waals surface area (Å²) in [6, 6.07) is 0. The lowest BCUT2D eigenvalue weighted by Crippen LogP contribution is -2.06. The van der Waals surface area contributed by atoms with E-state index in [1.807, 2.05) is 21.1 Å². The van der Waals surface area contributed by atoms with E-state index in [4.69, 9.17) is 19.2 Å². The number of hydrogen-bond acceptors (Lipinski definition) is 4. The van der Waals surface area contributed by atoms with Crippen molar-refractivity contribution in [3.05, 3.63) is 0 Å². The molecule has 0 bridgehead atoms. The van der Waals surface area contributed by atoms with Crippen molar-refractivity contribution in [3.63, 3.8) is 0 Å². The Morgan fingerprint density at radius 3 is 0.771 bits per heavy atom. The molecule has 7 nitrogen and oxygen atoms in total. The molecule has 218 valence electrons. The molecule has 0 amide bonds. The van der Waals surface area contributed by atoms with Gasteiger partial charge in [0, 0.05) is 0 Å². The van der Waals surface area contributed by atoms with Crippen molar-refractivity contribution in [1.29, 1.82) is 0 Å². The van der Waals surface area contributed by atoms with E-state index in [0.717, 1.165) is 0 Å². The molecule has 0 unspecified atom stereocenters. The first kappa shape index (κ1) is 42.1. The van der Waals surface area contributed by atoms with Gasteiger partial charge in [-0.2, -0.15) is 0 Å². The number of hydrogen-bond donors (Lipinski definition) is 6. The molecule has 0 saturated heterocycles. The van der Waals surface area contributed by atoms with Gasteiger partial charge >= 0.3 is 7.82 Å². The van der Waals surface area contributed by atoms with E-state index in [-0.39, 0.29) is 0 Å². The van der Waals surface area contributed by atoms with Gasteiger partial charge in [-0.15, -0.1) is 0 Å². The fraction of sp³-hybridized carbons (Fsp3) is 1.00. The van der Waals surface area contributed by atoms with Gasteiger partial charge in [0.2, 0.25) is 0 Å². The van der Waals surface area contributed by atoms with E-state index in [2.05, 4.69) is 36.7 Å². The minimum atomic E-state index is -4.64. The molecule has 0 rings (SSSR count). The highest BCUT2D eigenvalue weighted by molar-refractivity contribution is 7.45. The highest BCUT2D eigenvalue weighted by atomic mass is 31.2. The third-order valence-electron chi connectivity index (χ3n) is 5.34. The van der Waals surface area contributed by atoms with Crippen molar-refractivity contribution in [2.45, 2.75) is 136 Å². The SMILES string of the molecule is CCCCCCCCNC.CCCCCCCCNC.CCCCCCCCNC.O=P(O)(O)O. The zero-order valence-corrected chi connectivity index (χ0v) is 25.4. The van der Waals surface area contributed by atoms with Gasteiger partial charge in [0.25, 0.3) is 0 Å². The van der Waals surface area contributed by atoms with E-state index < -0.39 is 7.82 Å². The van der Waals surface area contributed by atoms with Crippen molar-refractivity contribution in [1.82, 2.24) is 16.0 Å². The molecule has 0 aromatic rings. The van der Waals surface area contributed by atoms with Gasteiger partial charge in [0.05, 0.1) is 0 Å². The minimum Gasteiger partial charge on any atom is -0.320 e. The Balaban J connectivity index is -0.000000188. The van der Waals surface area contributed by atoms with Crippen LogP contribution in [-0.2, 0) is 4.57 Å². The van der Waals surface area contributed by atoms with Crippen LogP contribution in [0.4, 0.5) is 0 Å². The maximum atomic E-state index is 8.88. The normalized spacial score (nSPS) is 10.4. The van der Waals surface area contributed by atoms with Gasteiger partial charge in [0.1, 0.15) is 0 Å². The van der Waals surface area contributed by atoms with Crippen LogP contribution >= 0.6 is 7.82 Å². The molecule has 0 heterocycles. The van der Waals surface area contributed by atoms with Crippen LogP contribution in [0.3, 0.4) is 0 Å². The van der Waals surface area contributed by atoms with E-state index >= 15 is 0 Å². The van der Waals surface area contributed by atoms with Gasteiger partial charge in [-0.25, -0.2) is 4.57 Å². The van der Waals surface area contributed by atoms with Crippen molar-refractivity contribution in [3.8, 4) is 0 Å². The van der Waals surface area contributed by atoms with Crippen LogP contribution in [-0.4, -0.2) is 55.5 Å². The monoisotopic (exact) mass is 527 g/mol. The molecule has 0 aromatic heterocycles. The van der Waals surface area contributed by atoms with Crippen molar-refractivity contribution >= 4 is 7.82 Å². The number of rotatable bonds is 21. The Hall–Kier alpha value is -0.0100. The summed E-state index contributed by atoms with van der Waals surface area (Å²) >= 11 is 0. The second-order valence-electron chi connectivity index (χ2n) is 9.13. The average molecular weight is 528 g/mol. The summed E-state index contributed by atoms with van der Waals surface area (Å²) in [7, 11) is 1.42. The van der Waals surface area contributed by atoms with Crippen LogP contribution in [0.15, 0.2) is 0 Å².